The molecule has 0 unspecified atom stereocenters. The van der Waals surface area contributed by atoms with Crippen LogP contribution in [0.15, 0.2) is 36.9 Å². The SMILES string of the molecule is C=CCOc1ccc(C(=O)N2CC(O)C2)cc1. The van der Waals surface area contributed by atoms with Gasteiger partial charge in [-0.3, -0.25) is 4.79 Å². The zero-order chi connectivity index (χ0) is 12.3. The highest BCUT2D eigenvalue weighted by molar-refractivity contribution is 5.94. The van der Waals surface area contributed by atoms with E-state index in [1.807, 2.05) is 0 Å². The van der Waals surface area contributed by atoms with E-state index in [0.29, 0.717) is 31.0 Å². The maximum absolute atomic E-state index is 11.9. The zero-order valence-electron chi connectivity index (χ0n) is 9.50. The summed E-state index contributed by atoms with van der Waals surface area (Å²) in [4.78, 5) is 13.5. The Balaban J connectivity index is 1.97. The van der Waals surface area contributed by atoms with Crippen LogP contribution in [0.4, 0.5) is 0 Å². The predicted octanol–water partition coefficient (Wildman–Crippen LogP) is 1.07. The molecule has 0 atom stereocenters. The molecule has 1 amide bonds. The monoisotopic (exact) mass is 233 g/mol. The van der Waals surface area contributed by atoms with Gasteiger partial charge in [0.05, 0.1) is 6.10 Å². The van der Waals surface area contributed by atoms with E-state index < -0.39 is 0 Å². The highest BCUT2D eigenvalue weighted by Crippen LogP contribution is 2.16. The molecule has 0 saturated carbocycles. The lowest BCUT2D eigenvalue weighted by Crippen LogP contribution is -2.53. The summed E-state index contributed by atoms with van der Waals surface area (Å²) in [5, 5.41) is 9.13. The van der Waals surface area contributed by atoms with Crippen LogP contribution < -0.4 is 4.74 Å². The van der Waals surface area contributed by atoms with Crippen molar-refractivity contribution < 1.29 is 14.6 Å². The Kier molecular flexibility index (Phi) is 3.44. The third-order valence-electron chi connectivity index (χ3n) is 2.62. The Morgan fingerprint density at radius 2 is 2.12 bits per heavy atom. The number of nitrogens with zero attached hydrogens (tertiary/aromatic N) is 1. The van der Waals surface area contributed by atoms with Gasteiger partial charge in [0.1, 0.15) is 12.4 Å². The Bertz CT molecular complexity index is 407. The number of aliphatic hydroxyl groups excluding tert-OH is 1. The number of likely N-dealkylation sites (tertiary alicyclic amines) is 1. The number of benzene rings is 1. The Morgan fingerprint density at radius 1 is 1.47 bits per heavy atom. The molecule has 17 heavy (non-hydrogen) atoms. The topological polar surface area (TPSA) is 49.8 Å². The van der Waals surface area contributed by atoms with Crippen molar-refractivity contribution >= 4 is 5.91 Å². The van der Waals surface area contributed by atoms with Crippen LogP contribution in [-0.2, 0) is 0 Å². The fraction of sp³-hybridized carbons (Fsp3) is 0.308. The molecule has 90 valence electrons. The first-order chi connectivity index (χ1) is 8.20. The van der Waals surface area contributed by atoms with Crippen molar-refractivity contribution in [3.8, 4) is 5.75 Å². The van der Waals surface area contributed by atoms with E-state index in [-0.39, 0.29) is 12.0 Å². The molecule has 4 nitrogen and oxygen atoms in total. The van der Waals surface area contributed by atoms with Crippen molar-refractivity contribution in [1.29, 1.82) is 0 Å². The van der Waals surface area contributed by atoms with Crippen molar-refractivity contribution in [2.75, 3.05) is 19.7 Å². The third kappa shape index (κ3) is 2.65. The largest absolute Gasteiger partial charge is 0.490 e. The number of β-amino-alcohol motifs (C(OH)–C–C–N with tert-alkyl or cyclic N) is 1. The molecule has 1 aliphatic heterocycles. The minimum Gasteiger partial charge on any atom is -0.490 e. The minimum absolute atomic E-state index is 0.0504. The van der Waals surface area contributed by atoms with Crippen LogP contribution in [0.2, 0.25) is 0 Å². The Labute approximate surface area is 100 Å². The van der Waals surface area contributed by atoms with Crippen LogP contribution in [0, 0.1) is 0 Å². The first-order valence-corrected chi connectivity index (χ1v) is 5.52. The number of ether oxygens (including phenoxy) is 1. The van der Waals surface area contributed by atoms with Crippen LogP contribution in [0.1, 0.15) is 10.4 Å². The molecule has 1 fully saturated rings. The molecular formula is C13H15NO3. The second-order valence-electron chi connectivity index (χ2n) is 3.99. The number of hydrogen-bond donors (Lipinski definition) is 1. The molecule has 1 heterocycles. The van der Waals surface area contributed by atoms with Crippen molar-refractivity contribution in [3.05, 3.63) is 42.5 Å². The number of carbonyl (C=O) groups is 1. The van der Waals surface area contributed by atoms with Crippen LogP contribution in [-0.4, -0.2) is 41.7 Å². The molecule has 1 saturated heterocycles. The summed E-state index contributed by atoms with van der Waals surface area (Å²) in [5.41, 5.74) is 0.614. The molecule has 2 rings (SSSR count). The van der Waals surface area contributed by atoms with Gasteiger partial charge in [-0.25, -0.2) is 0 Å². The van der Waals surface area contributed by atoms with E-state index >= 15 is 0 Å². The summed E-state index contributed by atoms with van der Waals surface area (Å²) < 4.78 is 5.32. The first-order valence-electron chi connectivity index (χ1n) is 5.52. The van der Waals surface area contributed by atoms with Gasteiger partial charge in [0.2, 0.25) is 0 Å². The second-order valence-corrected chi connectivity index (χ2v) is 3.99. The Morgan fingerprint density at radius 3 is 2.65 bits per heavy atom. The van der Waals surface area contributed by atoms with E-state index in [2.05, 4.69) is 6.58 Å². The molecule has 0 radical (unpaired) electrons. The predicted molar refractivity (Wildman–Crippen MR) is 64.0 cm³/mol. The van der Waals surface area contributed by atoms with Crippen LogP contribution >= 0.6 is 0 Å². The summed E-state index contributed by atoms with van der Waals surface area (Å²) in [6.07, 6.45) is 1.30. The lowest BCUT2D eigenvalue weighted by atomic mass is 10.1. The van der Waals surface area contributed by atoms with Crippen molar-refractivity contribution in [1.82, 2.24) is 4.90 Å². The van der Waals surface area contributed by atoms with E-state index in [9.17, 15) is 4.79 Å². The highest BCUT2D eigenvalue weighted by atomic mass is 16.5. The van der Waals surface area contributed by atoms with Gasteiger partial charge in [0.15, 0.2) is 0 Å². The third-order valence-corrected chi connectivity index (χ3v) is 2.62. The summed E-state index contributed by atoms with van der Waals surface area (Å²) in [6.45, 7) is 4.86. The fourth-order valence-corrected chi connectivity index (χ4v) is 1.65. The summed E-state index contributed by atoms with van der Waals surface area (Å²) in [7, 11) is 0. The normalized spacial score (nSPS) is 15.2. The number of aliphatic hydroxyl groups is 1. The van der Waals surface area contributed by atoms with E-state index in [1.54, 1.807) is 35.2 Å². The van der Waals surface area contributed by atoms with Gasteiger partial charge >= 0.3 is 0 Å². The van der Waals surface area contributed by atoms with E-state index in [0.717, 1.165) is 0 Å². The van der Waals surface area contributed by atoms with E-state index in [4.69, 9.17) is 9.84 Å². The molecule has 1 aromatic rings. The second kappa shape index (κ2) is 5.01. The van der Waals surface area contributed by atoms with Crippen LogP contribution in [0.5, 0.6) is 5.75 Å². The molecule has 1 aliphatic rings. The van der Waals surface area contributed by atoms with Gasteiger partial charge in [-0.2, -0.15) is 0 Å². The summed E-state index contributed by atoms with van der Waals surface area (Å²) >= 11 is 0. The van der Waals surface area contributed by atoms with Crippen LogP contribution in [0.3, 0.4) is 0 Å². The fourth-order valence-electron chi connectivity index (χ4n) is 1.65. The molecule has 4 heteroatoms. The molecule has 0 aliphatic carbocycles. The zero-order valence-corrected chi connectivity index (χ0v) is 9.50. The molecule has 0 aromatic heterocycles. The average Bonchev–Trinajstić information content (AvgIpc) is 2.32. The van der Waals surface area contributed by atoms with Crippen molar-refractivity contribution in [2.24, 2.45) is 0 Å². The van der Waals surface area contributed by atoms with Gasteiger partial charge < -0.3 is 14.7 Å². The maximum atomic E-state index is 11.9. The van der Waals surface area contributed by atoms with Crippen LogP contribution in [0.25, 0.3) is 0 Å². The number of rotatable bonds is 4. The lowest BCUT2D eigenvalue weighted by molar-refractivity contribution is 0.00589. The first kappa shape index (κ1) is 11.7. The van der Waals surface area contributed by atoms with Gasteiger partial charge in [0.25, 0.3) is 5.91 Å². The maximum Gasteiger partial charge on any atom is 0.254 e. The number of hydrogen-bond acceptors (Lipinski definition) is 3. The molecule has 0 bridgehead atoms. The summed E-state index contributed by atoms with van der Waals surface area (Å²) in [6, 6.07) is 6.97. The molecule has 0 spiro atoms. The Hall–Kier alpha value is -1.81. The van der Waals surface area contributed by atoms with Gasteiger partial charge in [-0.15, -0.1) is 0 Å². The molecule has 1 aromatic carbocycles. The highest BCUT2D eigenvalue weighted by Gasteiger charge is 2.29. The van der Waals surface area contributed by atoms with Crippen molar-refractivity contribution in [2.45, 2.75) is 6.10 Å². The van der Waals surface area contributed by atoms with Gasteiger partial charge in [0, 0.05) is 18.7 Å². The number of amides is 1. The smallest absolute Gasteiger partial charge is 0.254 e. The average molecular weight is 233 g/mol. The van der Waals surface area contributed by atoms with Gasteiger partial charge in [-0.05, 0) is 24.3 Å². The van der Waals surface area contributed by atoms with E-state index in [1.165, 1.54) is 0 Å². The molecular weight excluding hydrogens is 218 g/mol. The minimum atomic E-state index is -0.367. The van der Waals surface area contributed by atoms with Gasteiger partial charge in [-0.1, -0.05) is 12.7 Å². The number of carbonyl (C=O) groups excluding carboxylic acids is 1. The summed E-state index contributed by atoms with van der Waals surface area (Å²) in [5.74, 6) is 0.663. The molecule has 1 N–H and O–H groups in total. The quantitative estimate of drug-likeness (QED) is 0.791. The lowest BCUT2D eigenvalue weighted by Gasteiger charge is -2.35. The van der Waals surface area contributed by atoms with Crippen molar-refractivity contribution in [3.63, 3.8) is 0 Å². The standard InChI is InChI=1S/C13H15NO3/c1-2-7-17-12-5-3-10(4-6-12)13(16)14-8-11(15)9-14/h2-6,11,15H,1,7-9H2.